The van der Waals surface area contributed by atoms with Crippen molar-refractivity contribution in [1.82, 2.24) is 5.32 Å². The summed E-state index contributed by atoms with van der Waals surface area (Å²) in [6.45, 7) is 0.562. The lowest BCUT2D eigenvalue weighted by Crippen LogP contribution is -2.26. The minimum atomic E-state index is -0.498. The lowest BCUT2D eigenvalue weighted by molar-refractivity contribution is 0.143. The summed E-state index contributed by atoms with van der Waals surface area (Å²) in [5, 5.41) is 2.95. The number of benzene rings is 3. The maximum Gasteiger partial charge on any atom is 0.407 e. The molecule has 0 aliphatic heterocycles. The van der Waals surface area contributed by atoms with E-state index in [9.17, 15) is 9.18 Å². The predicted molar refractivity (Wildman–Crippen MR) is 116 cm³/mol. The molecule has 0 spiro atoms. The van der Waals surface area contributed by atoms with Crippen LogP contribution in [-0.4, -0.2) is 19.2 Å². The Bertz CT molecular complexity index is 1080. The van der Waals surface area contributed by atoms with Gasteiger partial charge in [-0.25, -0.2) is 9.18 Å². The lowest BCUT2D eigenvalue weighted by Gasteiger charge is -2.14. The molecule has 30 heavy (non-hydrogen) atoms. The van der Waals surface area contributed by atoms with Crippen molar-refractivity contribution in [3.05, 3.63) is 94.3 Å². The molecule has 0 radical (unpaired) electrons. The fraction of sp³-hybridized carbons (Fsp3) is 0.160. The van der Waals surface area contributed by atoms with Gasteiger partial charge in [-0.15, -0.1) is 0 Å². The zero-order chi connectivity index (χ0) is 20.9. The Morgan fingerprint density at radius 1 is 1.00 bits per heavy atom. The molecule has 3 nitrogen and oxygen atoms in total. The van der Waals surface area contributed by atoms with Gasteiger partial charge in [0.1, 0.15) is 12.4 Å². The smallest absolute Gasteiger partial charge is 0.407 e. The molecular formula is C25H19ClFNO2. The minimum absolute atomic E-state index is 0.0196. The highest BCUT2D eigenvalue weighted by Crippen LogP contribution is 2.44. The number of fused-ring (bicyclic) bond motifs is 3. The Morgan fingerprint density at radius 2 is 1.67 bits per heavy atom. The Balaban J connectivity index is 1.31. The van der Waals surface area contributed by atoms with Crippen LogP contribution in [-0.2, 0) is 4.74 Å². The van der Waals surface area contributed by atoms with Gasteiger partial charge in [0.05, 0.1) is 10.6 Å². The van der Waals surface area contributed by atoms with Gasteiger partial charge < -0.3 is 10.1 Å². The van der Waals surface area contributed by atoms with Crippen molar-refractivity contribution in [2.24, 2.45) is 0 Å². The third-order valence-corrected chi connectivity index (χ3v) is 5.35. The first-order valence-electron chi connectivity index (χ1n) is 9.67. The van der Waals surface area contributed by atoms with E-state index in [-0.39, 0.29) is 23.1 Å². The normalized spacial score (nSPS) is 11.8. The SMILES string of the molecule is O=C(NCCC#Cc1c(F)cccc1Cl)OCC1c2ccccc2-c2ccccc21. The van der Waals surface area contributed by atoms with Crippen molar-refractivity contribution in [3.8, 4) is 23.0 Å². The summed E-state index contributed by atoms with van der Waals surface area (Å²) < 4.78 is 19.1. The van der Waals surface area contributed by atoms with Gasteiger partial charge >= 0.3 is 6.09 Å². The van der Waals surface area contributed by atoms with E-state index in [4.69, 9.17) is 16.3 Å². The highest BCUT2D eigenvalue weighted by molar-refractivity contribution is 6.31. The first-order chi connectivity index (χ1) is 14.6. The summed E-state index contributed by atoms with van der Waals surface area (Å²) in [6, 6.07) is 20.8. The number of nitrogens with one attached hydrogen (secondary N) is 1. The van der Waals surface area contributed by atoms with Gasteiger partial charge in [0.25, 0.3) is 0 Å². The molecule has 5 heteroatoms. The average Bonchev–Trinajstić information content (AvgIpc) is 3.08. The van der Waals surface area contributed by atoms with Gasteiger partial charge in [-0.1, -0.05) is 78.0 Å². The van der Waals surface area contributed by atoms with E-state index in [1.54, 1.807) is 6.07 Å². The Kier molecular flexibility index (Phi) is 6.02. The fourth-order valence-corrected chi connectivity index (χ4v) is 3.85. The lowest BCUT2D eigenvalue weighted by atomic mass is 9.98. The number of amides is 1. The van der Waals surface area contributed by atoms with Crippen LogP contribution < -0.4 is 5.32 Å². The van der Waals surface area contributed by atoms with E-state index in [0.717, 1.165) is 0 Å². The molecule has 1 N–H and O–H groups in total. The van der Waals surface area contributed by atoms with Crippen molar-refractivity contribution in [1.29, 1.82) is 0 Å². The number of alkyl carbamates (subject to hydrolysis) is 1. The summed E-state index contributed by atoms with van der Waals surface area (Å²) in [5.74, 6) is 5.08. The number of hydrogen-bond acceptors (Lipinski definition) is 2. The van der Waals surface area contributed by atoms with Crippen LogP contribution in [0.5, 0.6) is 0 Å². The van der Waals surface area contributed by atoms with E-state index < -0.39 is 11.9 Å². The zero-order valence-electron chi connectivity index (χ0n) is 16.1. The van der Waals surface area contributed by atoms with E-state index in [1.807, 2.05) is 24.3 Å². The Morgan fingerprint density at radius 3 is 2.33 bits per heavy atom. The minimum Gasteiger partial charge on any atom is -0.449 e. The molecule has 1 amide bonds. The highest BCUT2D eigenvalue weighted by atomic mass is 35.5. The average molecular weight is 420 g/mol. The first-order valence-corrected chi connectivity index (χ1v) is 10.0. The van der Waals surface area contributed by atoms with Crippen molar-refractivity contribution < 1.29 is 13.9 Å². The summed E-state index contributed by atoms with van der Waals surface area (Å²) >= 11 is 5.94. The third-order valence-electron chi connectivity index (χ3n) is 5.04. The van der Waals surface area contributed by atoms with Gasteiger partial charge in [-0.05, 0) is 34.4 Å². The topological polar surface area (TPSA) is 38.3 Å². The predicted octanol–water partition coefficient (Wildman–Crippen LogP) is 5.76. The number of rotatable bonds is 4. The van der Waals surface area contributed by atoms with E-state index in [1.165, 1.54) is 34.4 Å². The largest absolute Gasteiger partial charge is 0.449 e. The van der Waals surface area contributed by atoms with Crippen LogP contribution in [0.25, 0.3) is 11.1 Å². The second kappa shape index (κ2) is 9.02. The van der Waals surface area contributed by atoms with Crippen LogP contribution in [0.4, 0.5) is 9.18 Å². The second-order valence-corrected chi connectivity index (χ2v) is 7.31. The third kappa shape index (κ3) is 4.17. The molecule has 1 aliphatic rings. The van der Waals surface area contributed by atoms with Gasteiger partial charge in [0, 0.05) is 18.9 Å². The second-order valence-electron chi connectivity index (χ2n) is 6.90. The Hall–Kier alpha value is -3.29. The molecular weight excluding hydrogens is 401 g/mol. The molecule has 0 fully saturated rings. The van der Waals surface area contributed by atoms with E-state index >= 15 is 0 Å². The van der Waals surface area contributed by atoms with Crippen LogP contribution in [0.2, 0.25) is 5.02 Å². The van der Waals surface area contributed by atoms with E-state index in [0.29, 0.717) is 13.0 Å². The number of ether oxygens (including phenoxy) is 1. The van der Waals surface area contributed by atoms with Gasteiger partial charge in [0.15, 0.2) is 0 Å². The molecule has 1 aliphatic carbocycles. The molecule has 150 valence electrons. The van der Waals surface area contributed by atoms with Crippen molar-refractivity contribution in [2.45, 2.75) is 12.3 Å². The van der Waals surface area contributed by atoms with Gasteiger partial charge in [-0.3, -0.25) is 0 Å². The van der Waals surface area contributed by atoms with Crippen molar-refractivity contribution in [2.75, 3.05) is 13.2 Å². The molecule has 3 aromatic carbocycles. The Labute approximate surface area is 179 Å². The number of halogens is 2. The maximum atomic E-state index is 13.7. The molecule has 0 saturated heterocycles. The fourth-order valence-electron chi connectivity index (χ4n) is 3.64. The number of hydrogen-bond donors (Lipinski definition) is 1. The molecule has 4 rings (SSSR count). The number of carbonyl (C=O) groups is 1. The quantitative estimate of drug-likeness (QED) is 0.431. The first kappa shape index (κ1) is 20.0. The molecule has 0 saturated carbocycles. The highest BCUT2D eigenvalue weighted by Gasteiger charge is 2.28. The van der Waals surface area contributed by atoms with Crippen LogP contribution in [0, 0.1) is 17.7 Å². The standard InChI is InChI=1S/C25H19ClFNO2/c26-23-13-7-14-24(27)21(23)12-5-6-15-28-25(29)30-16-22-19-10-3-1-8-17(19)18-9-2-4-11-20(18)22/h1-4,7-11,13-14,22H,6,15-16H2,(H,28,29). The van der Waals surface area contributed by atoms with Crippen LogP contribution in [0.1, 0.15) is 29.0 Å². The molecule has 0 atom stereocenters. The summed E-state index contributed by atoms with van der Waals surface area (Å²) in [6.07, 6.45) is -0.142. The molecule has 0 unspecified atom stereocenters. The number of carbonyl (C=O) groups excluding carboxylic acids is 1. The zero-order valence-corrected chi connectivity index (χ0v) is 16.9. The summed E-state index contributed by atoms with van der Waals surface area (Å²) in [5.41, 5.74) is 4.87. The van der Waals surface area contributed by atoms with Crippen molar-refractivity contribution >= 4 is 17.7 Å². The van der Waals surface area contributed by atoms with Crippen LogP contribution in [0.15, 0.2) is 66.7 Å². The van der Waals surface area contributed by atoms with Gasteiger partial charge in [0.2, 0.25) is 0 Å². The van der Waals surface area contributed by atoms with Gasteiger partial charge in [-0.2, -0.15) is 0 Å². The summed E-state index contributed by atoms with van der Waals surface area (Å²) in [7, 11) is 0. The molecule has 0 bridgehead atoms. The summed E-state index contributed by atoms with van der Waals surface area (Å²) in [4.78, 5) is 12.1. The van der Waals surface area contributed by atoms with Crippen LogP contribution in [0.3, 0.4) is 0 Å². The monoisotopic (exact) mass is 419 g/mol. The maximum absolute atomic E-state index is 13.7. The molecule has 0 aromatic heterocycles. The van der Waals surface area contributed by atoms with Crippen molar-refractivity contribution in [3.63, 3.8) is 0 Å². The van der Waals surface area contributed by atoms with E-state index in [2.05, 4.69) is 41.4 Å². The molecule has 0 heterocycles. The molecule has 3 aromatic rings. The van der Waals surface area contributed by atoms with Crippen LogP contribution >= 0.6 is 11.6 Å².